The van der Waals surface area contributed by atoms with Gasteiger partial charge in [0.05, 0.1) is 0 Å². The van der Waals surface area contributed by atoms with Crippen molar-refractivity contribution in [2.24, 2.45) is 5.41 Å². The minimum Gasteiger partial charge on any atom is -1.00 e. The van der Waals surface area contributed by atoms with E-state index in [0.717, 1.165) is 0 Å². The van der Waals surface area contributed by atoms with Gasteiger partial charge in [-0.3, -0.25) is 0 Å². The molecular formula is C13H14Cl2Hf. The Bertz CT molecular complexity index is 387. The summed E-state index contributed by atoms with van der Waals surface area (Å²) in [6, 6.07) is 0. The second kappa shape index (κ2) is 4.96. The van der Waals surface area contributed by atoms with Crippen LogP contribution in [0.1, 0.15) is 26.7 Å². The second-order valence-electron chi connectivity index (χ2n) is 4.75. The van der Waals surface area contributed by atoms with Gasteiger partial charge >= 0.3 is 97.1 Å². The average molecular weight is 420 g/mol. The zero-order valence-electron chi connectivity index (χ0n) is 9.48. The maximum absolute atomic E-state index is 2.39. The minimum absolute atomic E-state index is 0. The van der Waals surface area contributed by atoms with Crippen molar-refractivity contribution in [2.75, 3.05) is 0 Å². The van der Waals surface area contributed by atoms with Gasteiger partial charge in [0.1, 0.15) is 0 Å². The van der Waals surface area contributed by atoms with E-state index in [-0.39, 0.29) is 24.8 Å². The maximum Gasteiger partial charge on any atom is -1.00 e. The van der Waals surface area contributed by atoms with Crippen molar-refractivity contribution >= 4 is 0 Å². The molecule has 0 atom stereocenters. The van der Waals surface area contributed by atoms with Gasteiger partial charge in [0.25, 0.3) is 0 Å². The number of allylic oxidation sites excluding steroid dienone is 8. The van der Waals surface area contributed by atoms with Gasteiger partial charge < -0.3 is 24.8 Å². The van der Waals surface area contributed by atoms with E-state index in [2.05, 4.69) is 38.2 Å². The van der Waals surface area contributed by atoms with Crippen molar-refractivity contribution in [3.05, 3.63) is 42.1 Å². The van der Waals surface area contributed by atoms with Crippen LogP contribution in [0.3, 0.4) is 0 Å². The van der Waals surface area contributed by atoms with Crippen LogP contribution in [0.25, 0.3) is 0 Å². The molecule has 1 heterocycles. The summed E-state index contributed by atoms with van der Waals surface area (Å²) in [7, 11) is 0. The van der Waals surface area contributed by atoms with Crippen molar-refractivity contribution in [2.45, 2.75) is 26.7 Å². The standard InChI is InChI=1S/C13H14.2ClH.Hf/c1-13(2,11-7-3-4-8-11)12-9-5-6-10-12;;;/h3,5,7,9H,4,6H2,1-2H3;2*1H;/q;;;+2/p-2. The molecule has 0 bridgehead atoms. The molecule has 0 aromatic rings. The van der Waals surface area contributed by atoms with Crippen LogP contribution in [0.4, 0.5) is 0 Å². The van der Waals surface area contributed by atoms with Crippen LogP contribution in [0.2, 0.25) is 0 Å². The number of hydrogen-bond acceptors (Lipinski definition) is 0. The molecule has 0 N–H and O–H groups in total. The molecule has 0 aromatic heterocycles. The van der Waals surface area contributed by atoms with Crippen LogP contribution >= 0.6 is 0 Å². The van der Waals surface area contributed by atoms with Crippen LogP contribution in [-0.2, 0) is 22.9 Å². The van der Waals surface area contributed by atoms with Gasteiger partial charge in [0, 0.05) is 0 Å². The zero-order valence-corrected chi connectivity index (χ0v) is 14.6. The molecule has 0 aromatic carbocycles. The molecule has 84 valence electrons. The predicted octanol–water partition coefficient (Wildman–Crippen LogP) is -2.46. The fourth-order valence-electron chi connectivity index (χ4n) is 2.75. The van der Waals surface area contributed by atoms with E-state index < -0.39 is 22.9 Å². The quantitative estimate of drug-likeness (QED) is 0.383. The Labute approximate surface area is 121 Å². The molecule has 0 amide bonds. The van der Waals surface area contributed by atoms with Crippen molar-refractivity contribution in [3.63, 3.8) is 0 Å². The van der Waals surface area contributed by atoms with Crippen molar-refractivity contribution in [1.29, 1.82) is 0 Å². The van der Waals surface area contributed by atoms with Crippen molar-refractivity contribution < 1.29 is 47.7 Å². The van der Waals surface area contributed by atoms with Gasteiger partial charge in [-0.1, -0.05) is 0 Å². The van der Waals surface area contributed by atoms with Crippen LogP contribution in [0.15, 0.2) is 42.1 Å². The Morgan fingerprint density at radius 1 is 0.938 bits per heavy atom. The number of halogens is 2. The topological polar surface area (TPSA) is 0 Å². The Morgan fingerprint density at radius 2 is 1.38 bits per heavy atom. The first kappa shape index (κ1) is 14.5. The van der Waals surface area contributed by atoms with Gasteiger partial charge in [0.15, 0.2) is 0 Å². The van der Waals surface area contributed by atoms with Crippen LogP contribution < -0.4 is 24.8 Å². The molecule has 2 aliphatic carbocycles. The molecular weight excluding hydrogens is 406 g/mol. The summed E-state index contributed by atoms with van der Waals surface area (Å²) in [5.74, 6) is 0. The second-order valence-corrected chi connectivity index (χ2v) is 9.98. The third-order valence-corrected chi connectivity index (χ3v) is 9.08. The van der Waals surface area contributed by atoms with Gasteiger partial charge in [-0.25, -0.2) is 0 Å². The number of rotatable bonds is 0. The van der Waals surface area contributed by atoms with Crippen LogP contribution in [-0.4, -0.2) is 0 Å². The van der Waals surface area contributed by atoms with E-state index in [1.54, 1.807) is 11.1 Å². The van der Waals surface area contributed by atoms with Crippen LogP contribution in [0.5, 0.6) is 0 Å². The molecule has 0 fully saturated rings. The van der Waals surface area contributed by atoms with Gasteiger partial charge in [-0.2, -0.15) is 0 Å². The summed E-state index contributed by atoms with van der Waals surface area (Å²) >= 11 is -0.587. The Kier molecular flexibility index (Phi) is 4.48. The largest absolute Gasteiger partial charge is 1.00 e. The van der Waals surface area contributed by atoms with E-state index in [4.69, 9.17) is 0 Å². The summed E-state index contributed by atoms with van der Waals surface area (Å²) in [5, 5.41) is 0. The normalized spacial score (nSPS) is 22.9. The molecule has 0 spiro atoms. The Morgan fingerprint density at radius 3 is 1.81 bits per heavy atom. The Balaban J connectivity index is 0.000000640. The average Bonchev–Trinajstić information content (AvgIpc) is 2.71. The molecule has 1 aliphatic heterocycles. The molecule has 0 nitrogen and oxygen atoms in total. The molecule has 0 saturated heterocycles. The third kappa shape index (κ3) is 1.95. The van der Waals surface area contributed by atoms with Crippen molar-refractivity contribution in [1.82, 2.24) is 0 Å². The Hall–Kier alpha value is 0.410. The SMILES string of the molecule is CC1(C)C2=[C](CC=C2)[Hf+2][C]2=C1C=CC2.[Cl-].[Cl-]. The van der Waals surface area contributed by atoms with Gasteiger partial charge in [-0.05, 0) is 0 Å². The van der Waals surface area contributed by atoms with Gasteiger partial charge in [-0.15, -0.1) is 0 Å². The smallest absolute Gasteiger partial charge is 1.00 e. The first-order valence-corrected chi connectivity index (χ1v) is 8.86. The summed E-state index contributed by atoms with van der Waals surface area (Å²) in [6.45, 7) is 4.79. The van der Waals surface area contributed by atoms with Crippen LogP contribution in [0, 0.1) is 5.41 Å². The van der Waals surface area contributed by atoms with E-state index in [0.29, 0.717) is 5.41 Å². The maximum atomic E-state index is 2.39. The van der Waals surface area contributed by atoms with E-state index >= 15 is 0 Å². The van der Waals surface area contributed by atoms with E-state index in [1.165, 1.54) is 12.8 Å². The fourth-order valence-corrected chi connectivity index (χ4v) is 9.45. The molecule has 16 heavy (non-hydrogen) atoms. The number of hydrogen-bond donors (Lipinski definition) is 0. The summed E-state index contributed by atoms with van der Waals surface area (Å²) in [5.41, 5.74) is 3.66. The summed E-state index contributed by atoms with van der Waals surface area (Å²) in [6.07, 6.45) is 12.1. The summed E-state index contributed by atoms with van der Waals surface area (Å²) < 4.78 is 3.72. The first-order chi connectivity index (χ1) is 6.69. The monoisotopic (exact) mass is 420 g/mol. The van der Waals surface area contributed by atoms with Gasteiger partial charge in [0.2, 0.25) is 0 Å². The third-order valence-electron chi connectivity index (χ3n) is 3.51. The van der Waals surface area contributed by atoms with Crippen molar-refractivity contribution in [3.8, 4) is 0 Å². The minimum atomic E-state index is -0.587. The first-order valence-electron chi connectivity index (χ1n) is 5.27. The molecule has 3 rings (SSSR count). The molecule has 0 radical (unpaired) electrons. The molecule has 0 unspecified atom stereocenters. The summed E-state index contributed by atoms with van der Waals surface area (Å²) in [4.78, 5) is 0. The predicted molar refractivity (Wildman–Crippen MR) is 55.3 cm³/mol. The molecule has 3 aliphatic rings. The zero-order chi connectivity index (χ0) is 9.76. The van der Waals surface area contributed by atoms with E-state index in [1.807, 2.05) is 6.66 Å². The molecule has 0 saturated carbocycles. The van der Waals surface area contributed by atoms with E-state index in [9.17, 15) is 0 Å². The molecule has 3 heteroatoms. The fraction of sp³-hybridized carbons (Fsp3) is 0.385.